The number of nitrogens with two attached hydrogens (primary N) is 1. The van der Waals surface area contributed by atoms with E-state index in [-0.39, 0.29) is 24.5 Å². The highest BCUT2D eigenvalue weighted by atomic mass is 16.4. The Morgan fingerprint density at radius 1 is 0.857 bits per heavy atom. The van der Waals surface area contributed by atoms with E-state index in [1.807, 2.05) is 13.8 Å². The van der Waals surface area contributed by atoms with E-state index in [9.17, 15) is 29.1 Å². The monoisotopic (exact) mass is 494 g/mol. The van der Waals surface area contributed by atoms with Gasteiger partial charge in [-0.1, -0.05) is 26.0 Å². The Hall–Kier alpha value is -3.67. The molecule has 4 unspecified atom stereocenters. The first-order valence-corrected chi connectivity index (χ1v) is 11.2. The number of rotatable bonds is 14. The predicted octanol–water partition coefficient (Wildman–Crippen LogP) is -0.268. The first-order valence-electron chi connectivity index (χ1n) is 11.2. The smallest absolute Gasteiger partial charge is 0.325 e. The van der Waals surface area contributed by atoms with Gasteiger partial charge in [0.05, 0.1) is 6.04 Å². The van der Waals surface area contributed by atoms with Crippen molar-refractivity contribution in [3.8, 4) is 5.75 Å². The third kappa shape index (κ3) is 10.9. The number of carboxylic acid groups (broad SMARTS) is 2. The summed E-state index contributed by atoms with van der Waals surface area (Å²) in [4.78, 5) is 60.5. The molecule has 1 aromatic rings. The van der Waals surface area contributed by atoms with Crippen LogP contribution in [0.25, 0.3) is 0 Å². The Bertz CT molecular complexity index is 903. The largest absolute Gasteiger partial charge is 0.508 e. The van der Waals surface area contributed by atoms with Crippen LogP contribution in [0.3, 0.4) is 0 Å². The third-order valence-electron chi connectivity index (χ3n) is 5.08. The van der Waals surface area contributed by atoms with Crippen LogP contribution >= 0.6 is 0 Å². The molecule has 0 spiro atoms. The molecule has 3 amide bonds. The molecule has 1 aromatic carbocycles. The van der Waals surface area contributed by atoms with Crippen LogP contribution in [0.2, 0.25) is 0 Å². The number of phenols is 1. The highest BCUT2D eigenvalue weighted by molar-refractivity contribution is 5.94. The van der Waals surface area contributed by atoms with Gasteiger partial charge in [-0.15, -0.1) is 0 Å². The van der Waals surface area contributed by atoms with Crippen LogP contribution < -0.4 is 21.7 Å². The second-order valence-electron chi connectivity index (χ2n) is 8.73. The van der Waals surface area contributed by atoms with Crippen LogP contribution in [0.4, 0.5) is 0 Å². The summed E-state index contributed by atoms with van der Waals surface area (Å²) in [5.74, 6) is -4.61. The van der Waals surface area contributed by atoms with Gasteiger partial charge in [0, 0.05) is 12.8 Å². The van der Waals surface area contributed by atoms with Gasteiger partial charge < -0.3 is 37.0 Å². The number of nitrogens with one attached hydrogen (secondary N) is 3. The molecule has 1 rings (SSSR count). The zero-order chi connectivity index (χ0) is 26.7. The van der Waals surface area contributed by atoms with Crippen molar-refractivity contribution in [1.29, 1.82) is 0 Å². The van der Waals surface area contributed by atoms with Crippen LogP contribution in [0.5, 0.6) is 5.75 Å². The minimum absolute atomic E-state index is 0.00697. The summed E-state index contributed by atoms with van der Waals surface area (Å²) < 4.78 is 0. The topological polar surface area (TPSA) is 208 Å². The second kappa shape index (κ2) is 13.9. The van der Waals surface area contributed by atoms with Gasteiger partial charge >= 0.3 is 11.9 Å². The lowest BCUT2D eigenvalue weighted by Crippen LogP contribution is -2.57. The Labute approximate surface area is 203 Å². The molecule has 0 saturated heterocycles. The first-order chi connectivity index (χ1) is 16.3. The van der Waals surface area contributed by atoms with E-state index in [1.54, 1.807) is 0 Å². The van der Waals surface area contributed by atoms with Gasteiger partial charge in [-0.25, -0.2) is 0 Å². The van der Waals surface area contributed by atoms with Gasteiger partial charge in [-0.2, -0.15) is 0 Å². The summed E-state index contributed by atoms with van der Waals surface area (Å²) in [6, 6.07) is 1.14. The minimum atomic E-state index is -1.29. The van der Waals surface area contributed by atoms with Crippen molar-refractivity contribution >= 4 is 29.7 Å². The molecule has 0 bridgehead atoms. The quantitative estimate of drug-likeness (QED) is 0.181. The van der Waals surface area contributed by atoms with Crippen molar-refractivity contribution in [2.45, 2.75) is 70.6 Å². The van der Waals surface area contributed by atoms with E-state index in [2.05, 4.69) is 16.0 Å². The van der Waals surface area contributed by atoms with Gasteiger partial charge in [-0.05, 0) is 43.4 Å². The molecule has 35 heavy (non-hydrogen) atoms. The molecule has 0 saturated carbocycles. The first kappa shape index (κ1) is 29.4. The van der Waals surface area contributed by atoms with Crippen molar-refractivity contribution in [2.75, 3.05) is 0 Å². The van der Waals surface area contributed by atoms with Crippen molar-refractivity contribution in [2.24, 2.45) is 11.7 Å². The molecule has 0 radical (unpaired) electrons. The fourth-order valence-electron chi connectivity index (χ4n) is 3.16. The van der Waals surface area contributed by atoms with Crippen molar-refractivity contribution in [3.63, 3.8) is 0 Å². The third-order valence-corrected chi connectivity index (χ3v) is 5.08. The molecule has 0 aromatic heterocycles. The van der Waals surface area contributed by atoms with Crippen molar-refractivity contribution < 1.29 is 39.3 Å². The standard InChI is InChI=1S/C23H34N4O8/c1-12(2)10-16(24)20(31)26-17(8-9-19(29)30)21(32)27-18(22(33)25-13(3)23(34)35)11-14-4-6-15(28)7-5-14/h4-7,12-13,16-18,28H,8-11,24H2,1-3H3,(H,25,33)(H,26,31)(H,27,32)(H,29,30)(H,34,35). The molecule has 0 aliphatic rings. The predicted molar refractivity (Wildman–Crippen MR) is 125 cm³/mol. The van der Waals surface area contributed by atoms with E-state index in [4.69, 9.17) is 15.9 Å². The van der Waals surface area contributed by atoms with Gasteiger partial charge in [0.15, 0.2) is 0 Å². The number of aliphatic carboxylic acids is 2. The molecule has 12 nitrogen and oxygen atoms in total. The number of carbonyl (C=O) groups is 5. The van der Waals surface area contributed by atoms with Crippen molar-refractivity contribution in [3.05, 3.63) is 29.8 Å². The molecule has 4 atom stereocenters. The van der Waals surface area contributed by atoms with Crippen LogP contribution in [-0.2, 0) is 30.4 Å². The Morgan fingerprint density at radius 2 is 1.40 bits per heavy atom. The highest BCUT2D eigenvalue weighted by Gasteiger charge is 2.30. The number of amides is 3. The van der Waals surface area contributed by atoms with Crippen LogP contribution in [0, 0.1) is 5.92 Å². The summed E-state index contributed by atoms with van der Waals surface area (Å²) in [5.41, 5.74) is 6.42. The van der Waals surface area contributed by atoms with Crippen LogP contribution in [-0.4, -0.2) is 69.1 Å². The Balaban J connectivity index is 3.09. The normalized spacial score (nSPS) is 14.3. The SMILES string of the molecule is CC(C)CC(N)C(=O)NC(CCC(=O)O)C(=O)NC(Cc1ccc(O)cc1)C(=O)NC(C)C(=O)O. The molecule has 194 valence electrons. The molecule has 0 heterocycles. The number of benzene rings is 1. The molecule has 8 N–H and O–H groups in total. The van der Waals surface area contributed by atoms with Gasteiger partial charge in [-0.3, -0.25) is 24.0 Å². The molecular formula is C23H34N4O8. The van der Waals surface area contributed by atoms with E-state index >= 15 is 0 Å². The van der Waals surface area contributed by atoms with Crippen LogP contribution in [0.1, 0.15) is 45.6 Å². The molecular weight excluding hydrogens is 460 g/mol. The summed E-state index contributed by atoms with van der Waals surface area (Å²) >= 11 is 0. The Morgan fingerprint density at radius 3 is 1.91 bits per heavy atom. The van der Waals surface area contributed by atoms with Gasteiger partial charge in [0.1, 0.15) is 23.9 Å². The van der Waals surface area contributed by atoms with E-state index in [0.717, 1.165) is 0 Å². The number of carboxylic acids is 2. The molecule has 12 heteroatoms. The summed E-state index contributed by atoms with van der Waals surface area (Å²) in [6.07, 6.45) is -0.391. The molecule has 0 aliphatic carbocycles. The highest BCUT2D eigenvalue weighted by Crippen LogP contribution is 2.12. The van der Waals surface area contributed by atoms with Gasteiger partial charge in [0.25, 0.3) is 0 Å². The minimum Gasteiger partial charge on any atom is -0.508 e. The zero-order valence-corrected chi connectivity index (χ0v) is 20.0. The number of aromatic hydroxyl groups is 1. The lowest BCUT2D eigenvalue weighted by molar-refractivity contribution is -0.141. The maximum Gasteiger partial charge on any atom is 0.325 e. The summed E-state index contributed by atoms with van der Waals surface area (Å²) in [5, 5.41) is 34.8. The number of hydrogen-bond acceptors (Lipinski definition) is 7. The van der Waals surface area contributed by atoms with E-state index in [1.165, 1.54) is 31.2 Å². The van der Waals surface area contributed by atoms with Crippen LogP contribution in [0.15, 0.2) is 24.3 Å². The molecule has 0 fully saturated rings. The average molecular weight is 495 g/mol. The maximum atomic E-state index is 13.0. The van der Waals surface area contributed by atoms with Gasteiger partial charge in [0.2, 0.25) is 17.7 Å². The molecule has 0 aliphatic heterocycles. The summed E-state index contributed by atoms with van der Waals surface area (Å²) in [7, 11) is 0. The Kier molecular flexibility index (Phi) is 11.7. The van der Waals surface area contributed by atoms with Crippen molar-refractivity contribution in [1.82, 2.24) is 16.0 Å². The summed E-state index contributed by atoms with van der Waals surface area (Å²) in [6.45, 7) is 4.99. The average Bonchev–Trinajstić information content (AvgIpc) is 2.76. The van der Waals surface area contributed by atoms with E-state index in [0.29, 0.717) is 12.0 Å². The number of carbonyl (C=O) groups excluding carboxylic acids is 3. The fourth-order valence-corrected chi connectivity index (χ4v) is 3.16. The number of phenolic OH excluding ortho intramolecular Hbond substituents is 1. The maximum absolute atomic E-state index is 13.0. The fraction of sp³-hybridized carbons (Fsp3) is 0.522. The lowest BCUT2D eigenvalue weighted by atomic mass is 10.0. The zero-order valence-electron chi connectivity index (χ0n) is 20.0. The lowest BCUT2D eigenvalue weighted by Gasteiger charge is -2.25. The van der Waals surface area contributed by atoms with E-state index < -0.39 is 60.2 Å². The number of hydrogen-bond donors (Lipinski definition) is 7. The second-order valence-corrected chi connectivity index (χ2v) is 8.73.